The maximum Gasteiger partial charge on any atom is 0.208 e. The van der Waals surface area contributed by atoms with Crippen LogP contribution >= 0.6 is 11.3 Å². The summed E-state index contributed by atoms with van der Waals surface area (Å²) in [6.45, 7) is 5.74. The maximum atomic E-state index is 12.9. The summed E-state index contributed by atoms with van der Waals surface area (Å²) in [4.78, 5) is 4.69. The SMILES string of the molecule is COCCN1CCN(c2nnc(Cc3ccc(F)cc3)s2)CC1. The number of nitrogens with zero attached hydrogens (tertiary/aromatic N) is 4. The molecule has 2 aromatic rings. The fourth-order valence-corrected chi connectivity index (χ4v) is 3.53. The smallest absolute Gasteiger partial charge is 0.208 e. The molecule has 0 amide bonds. The second-order valence-electron chi connectivity index (χ2n) is 5.60. The fourth-order valence-electron chi connectivity index (χ4n) is 2.60. The molecule has 3 rings (SSSR count). The predicted octanol–water partition coefficient (Wildman–Crippen LogP) is 2.04. The lowest BCUT2D eigenvalue weighted by atomic mass is 10.2. The minimum Gasteiger partial charge on any atom is -0.383 e. The van der Waals surface area contributed by atoms with Crippen molar-refractivity contribution in [3.63, 3.8) is 0 Å². The zero-order valence-electron chi connectivity index (χ0n) is 13.2. The molecule has 124 valence electrons. The van der Waals surface area contributed by atoms with Crippen LogP contribution in [0.25, 0.3) is 0 Å². The molecule has 1 aliphatic rings. The monoisotopic (exact) mass is 336 g/mol. The topological polar surface area (TPSA) is 41.5 Å². The predicted molar refractivity (Wildman–Crippen MR) is 89.6 cm³/mol. The molecular weight excluding hydrogens is 315 g/mol. The van der Waals surface area contributed by atoms with Crippen LogP contribution in [0.4, 0.5) is 9.52 Å². The number of aromatic nitrogens is 2. The molecule has 5 nitrogen and oxygen atoms in total. The molecule has 7 heteroatoms. The van der Waals surface area contributed by atoms with Crippen LogP contribution in [0.1, 0.15) is 10.6 Å². The second-order valence-corrected chi connectivity index (χ2v) is 6.64. The molecule has 1 aliphatic heterocycles. The molecule has 1 aromatic carbocycles. The number of anilines is 1. The van der Waals surface area contributed by atoms with Crippen LogP contribution in [0.3, 0.4) is 0 Å². The van der Waals surface area contributed by atoms with Crippen molar-refractivity contribution in [2.24, 2.45) is 0 Å². The lowest BCUT2D eigenvalue weighted by Gasteiger charge is -2.34. The molecular formula is C16H21FN4OS. The van der Waals surface area contributed by atoms with Crippen LogP contribution in [-0.4, -0.2) is 61.5 Å². The van der Waals surface area contributed by atoms with Gasteiger partial charge >= 0.3 is 0 Å². The van der Waals surface area contributed by atoms with Crippen molar-refractivity contribution in [3.05, 3.63) is 40.7 Å². The number of hydrogen-bond donors (Lipinski definition) is 0. The van der Waals surface area contributed by atoms with Gasteiger partial charge in [-0.05, 0) is 17.7 Å². The highest BCUT2D eigenvalue weighted by molar-refractivity contribution is 7.15. The number of piperazine rings is 1. The van der Waals surface area contributed by atoms with Crippen molar-refractivity contribution in [1.29, 1.82) is 0 Å². The number of halogens is 1. The van der Waals surface area contributed by atoms with Crippen molar-refractivity contribution in [2.45, 2.75) is 6.42 Å². The van der Waals surface area contributed by atoms with E-state index in [9.17, 15) is 4.39 Å². The third kappa shape index (κ3) is 4.46. The van der Waals surface area contributed by atoms with E-state index in [1.165, 1.54) is 12.1 Å². The Hall–Kier alpha value is -1.57. The first-order valence-corrected chi connectivity index (χ1v) is 8.59. The van der Waals surface area contributed by atoms with Crippen LogP contribution in [0.15, 0.2) is 24.3 Å². The average Bonchev–Trinajstić information content (AvgIpc) is 3.04. The molecule has 1 saturated heterocycles. The van der Waals surface area contributed by atoms with Gasteiger partial charge in [0.15, 0.2) is 0 Å². The van der Waals surface area contributed by atoms with E-state index in [1.54, 1.807) is 30.6 Å². The Balaban J connectivity index is 1.54. The second kappa shape index (κ2) is 7.81. The Morgan fingerprint density at radius 2 is 1.87 bits per heavy atom. The Labute approximate surface area is 139 Å². The summed E-state index contributed by atoms with van der Waals surface area (Å²) in [5.74, 6) is -0.210. The number of ether oxygens (including phenoxy) is 1. The summed E-state index contributed by atoms with van der Waals surface area (Å²) in [6, 6.07) is 6.56. The molecule has 0 atom stereocenters. The van der Waals surface area contributed by atoms with Gasteiger partial charge in [-0.15, -0.1) is 10.2 Å². The summed E-state index contributed by atoms with van der Waals surface area (Å²) in [5, 5.41) is 10.5. The van der Waals surface area contributed by atoms with Crippen LogP contribution in [0.5, 0.6) is 0 Å². The van der Waals surface area contributed by atoms with Gasteiger partial charge in [0, 0.05) is 46.3 Å². The zero-order valence-corrected chi connectivity index (χ0v) is 14.1. The van der Waals surface area contributed by atoms with E-state index in [-0.39, 0.29) is 5.82 Å². The number of benzene rings is 1. The third-order valence-electron chi connectivity index (χ3n) is 3.98. The molecule has 1 aromatic heterocycles. The Bertz CT molecular complexity index is 611. The fraction of sp³-hybridized carbons (Fsp3) is 0.500. The lowest BCUT2D eigenvalue weighted by Crippen LogP contribution is -2.47. The Morgan fingerprint density at radius 1 is 1.13 bits per heavy atom. The molecule has 2 heterocycles. The first kappa shape index (κ1) is 16.3. The number of rotatable bonds is 6. The standard InChI is InChI=1S/C16H21FN4OS/c1-22-11-10-20-6-8-21(9-7-20)16-19-18-15(23-16)12-13-2-4-14(17)5-3-13/h2-5H,6-12H2,1H3. The summed E-state index contributed by atoms with van der Waals surface area (Å²) < 4.78 is 18.1. The van der Waals surface area contributed by atoms with E-state index in [1.807, 2.05) is 0 Å². The van der Waals surface area contributed by atoms with E-state index in [0.29, 0.717) is 6.42 Å². The highest BCUT2D eigenvalue weighted by Crippen LogP contribution is 2.23. The minimum absolute atomic E-state index is 0.210. The van der Waals surface area contributed by atoms with Crippen molar-refractivity contribution in [1.82, 2.24) is 15.1 Å². The minimum atomic E-state index is -0.210. The largest absolute Gasteiger partial charge is 0.383 e. The highest BCUT2D eigenvalue weighted by atomic mass is 32.1. The van der Waals surface area contributed by atoms with Crippen LogP contribution in [-0.2, 0) is 11.2 Å². The molecule has 23 heavy (non-hydrogen) atoms. The Kier molecular flexibility index (Phi) is 5.53. The van der Waals surface area contributed by atoms with Gasteiger partial charge < -0.3 is 9.64 Å². The first-order chi connectivity index (χ1) is 11.2. The quantitative estimate of drug-likeness (QED) is 0.807. The summed E-state index contributed by atoms with van der Waals surface area (Å²) in [7, 11) is 1.74. The normalized spacial score (nSPS) is 16.0. The summed E-state index contributed by atoms with van der Waals surface area (Å²) in [5.41, 5.74) is 1.05. The summed E-state index contributed by atoms with van der Waals surface area (Å²) in [6.07, 6.45) is 0.700. The molecule has 0 saturated carbocycles. The highest BCUT2D eigenvalue weighted by Gasteiger charge is 2.19. The van der Waals surface area contributed by atoms with Gasteiger partial charge in [-0.3, -0.25) is 4.90 Å². The van der Waals surface area contributed by atoms with Gasteiger partial charge in [0.2, 0.25) is 5.13 Å². The Morgan fingerprint density at radius 3 is 2.57 bits per heavy atom. The molecule has 0 bridgehead atoms. The van der Waals surface area contributed by atoms with E-state index in [2.05, 4.69) is 20.0 Å². The lowest BCUT2D eigenvalue weighted by molar-refractivity contribution is 0.144. The van der Waals surface area contributed by atoms with Gasteiger partial charge in [0.25, 0.3) is 0 Å². The maximum absolute atomic E-state index is 12.9. The summed E-state index contributed by atoms with van der Waals surface area (Å²) >= 11 is 1.62. The van der Waals surface area contributed by atoms with Gasteiger partial charge in [-0.25, -0.2) is 4.39 Å². The molecule has 0 spiro atoms. The average molecular weight is 336 g/mol. The van der Waals surface area contributed by atoms with Crippen LogP contribution < -0.4 is 4.90 Å². The van der Waals surface area contributed by atoms with Crippen LogP contribution in [0, 0.1) is 5.82 Å². The van der Waals surface area contributed by atoms with Gasteiger partial charge in [0.05, 0.1) is 6.61 Å². The molecule has 0 N–H and O–H groups in total. The van der Waals surface area contributed by atoms with Crippen molar-refractivity contribution in [3.8, 4) is 0 Å². The molecule has 0 radical (unpaired) electrons. The third-order valence-corrected chi connectivity index (χ3v) is 4.96. The first-order valence-electron chi connectivity index (χ1n) is 7.77. The van der Waals surface area contributed by atoms with Gasteiger partial charge in [-0.2, -0.15) is 0 Å². The van der Waals surface area contributed by atoms with Gasteiger partial charge in [0.1, 0.15) is 10.8 Å². The van der Waals surface area contributed by atoms with E-state index < -0.39 is 0 Å². The van der Waals surface area contributed by atoms with Crippen molar-refractivity contribution in [2.75, 3.05) is 51.3 Å². The van der Waals surface area contributed by atoms with Crippen LogP contribution in [0.2, 0.25) is 0 Å². The number of methoxy groups -OCH3 is 1. The molecule has 0 unspecified atom stereocenters. The van der Waals surface area contributed by atoms with E-state index in [4.69, 9.17) is 4.74 Å². The van der Waals surface area contributed by atoms with E-state index in [0.717, 1.165) is 55.0 Å². The van der Waals surface area contributed by atoms with Gasteiger partial charge in [-0.1, -0.05) is 23.5 Å². The number of hydrogen-bond acceptors (Lipinski definition) is 6. The molecule has 1 fully saturated rings. The molecule has 0 aliphatic carbocycles. The van der Waals surface area contributed by atoms with Crippen molar-refractivity contribution >= 4 is 16.5 Å². The zero-order chi connectivity index (χ0) is 16.1. The van der Waals surface area contributed by atoms with E-state index >= 15 is 0 Å². The van der Waals surface area contributed by atoms with Crippen molar-refractivity contribution < 1.29 is 9.13 Å².